The zero-order valence-electron chi connectivity index (χ0n) is 7.16. The molecule has 12 heavy (non-hydrogen) atoms. The number of hydrogen-bond acceptors (Lipinski definition) is 3. The molecule has 1 aromatic rings. The highest BCUT2D eigenvalue weighted by Gasteiger charge is 2.20. The Balaban J connectivity index is 2.82. The van der Waals surface area contributed by atoms with Crippen LogP contribution in [0.15, 0.2) is 30.3 Å². The lowest BCUT2D eigenvalue weighted by Crippen LogP contribution is -2.42. The van der Waals surface area contributed by atoms with Crippen LogP contribution in [0.25, 0.3) is 0 Å². The highest BCUT2D eigenvalue weighted by molar-refractivity contribution is 8.00. The molecule has 2 nitrogen and oxygen atoms in total. The second kappa shape index (κ2) is 3.94. The smallest absolute Gasteiger partial charge is 0.138 e. The summed E-state index contributed by atoms with van der Waals surface area (Å²) in [4.78, 5) is -0.740. The number of hydrogen-bond donors (Lipinski definition) is 2. The Morgan fingerprint density at radius 3 is 2.33 bits per heavy atom. The molecule has 1 rings (SSSR count). The fraction of sp³-hybridized carbons (Fsp3) is 0.333. The third-order valence-electron chi connectivity index (χ3n) is 1.61. The second-order valence-electron chi connectivity index (χ2n) is 2.59. The fourth-order valence-electron chi connectivity index (χ4n) is 1.02. The van der Waals surface area contributed by atoms with Gasteiger partial charge in [-0.3, -0.25) is 0 Å². The topological polar surface area (TPSA) is 52.0 Å². The Labute approximate surface area is 77.3 Å². The van der Waals surface area contributed by atoms with Gasteiger partial charge in [0.05, 0.1) is 0 Å². The van der Waals surface area contributed by atoms with E-state index in [9.17, 15) is 0 Å². The first-order valence-corrected chi connectivity index (χ1v) is 4.92. The van der Waals surface area contributed by atoms with Gasteiger partial charge in [0.25, 0.3) is 0 Å². The maximum Gasteiger partial charge on any atom is 0.138 e. The first kappa shape index (κ1) is 9.58. The van der Waals surface area contributed by atoms with E-state index < -0.39 is 4.99 Å². The van der Waals surface area contributed by atoms with Crippen LogP contribution in [0.3, 0.4) is 0 Å². The van der Waals surface area contributed by atoms with Gasteiger partial charge >= 0.3 is 0 Å². The minimum atomic E-state index is -0.740. The normalized spacial score (nSPS) is 11.6. The highest BCUT2D eigenvalue weighted by atomic mass is 32.2. The van der Waals surface area contributed by atoms with Crippen LogP contribution in [0.5, 0.6) is 0 Å². The molecule has 0 fully saturated rings. The molecule has 3 heteroatoms. The van der Waals surface area contributed by atoms with E-state index in [1.54, 1.807) is 11.8 Å². The van der Waals surface area contributed by atoms with Crippen molar-refractivity contribution in [3.63, 3.8) is 0 Å². The zero-order valence-corrected chi connectivity index (χ0v) is 7.97. The molecule has 0 aliphatic heterocycles. The molecule has 0 spiro atoms. The van der Waals surface area contributed by atoms with E-state index in [0.29, 0.717) is 0 Å². The zero-order chi connectivity index (χ0) is 9.03. The van der Waals surface area contributed by atoms with Crippen molar-refractivity contribution in [3.8, 4) is 0 Å². The summed E-state index contributed by atoms with van der Waals surface area (Å²) < 4.78 is 0. The average molecular weight is 182 g/mol. The predicted molar refractivity (Wildman–Crippen MR) is 54.6 cm³/mol. The fourth-order valence-corrected chi connectivity index (χ4v) is 1.80. The average Bonchev–Trinajstić information content (AvgIpc) is 2.06. The third-order valence-corrected chi connectivity index (χ3v) is 2.61. The number of benzene rings is 1. The third kappa shape index (κ3) is 2.24. The van der Waals surface area contributed by atoms with Crippen molar-refractivity contribution in [2.24, 2.45) is 11.5 Å². The number of nitrogens with two attached hydrogens (primary N) is 2. The summed E-state index contributed by atoms with van der Waals surface area (Å²) in [5, 5.41) is 0. The first-order chi connectivity index (χ1) is 5.67. The van der Waals surface area contributed by atoms with Gasteiger partial charge in [-0.25, -0.2) is 0 Å². The summed E-state index contributed by atoms with van der Waals surface area (Å²) >= 11 is 1.54. The number of thioether (sulfide) groups is 1. The summed E-state index contributed by atoms with van der Waals surface area (Å²) in [5.74, 6) is 0.919. The van der Waals surface area contributed by atoms with Crippen LogP contribution in [0.2, 0.25) is 0 Å². The highest BCUT2D eigenvalue weighted by Crippen LogP contribution is 2.24. The van der Waals surface area contributed by atoms with Gasteiger partial charge in [0.2, 0.25) is 0 Å². The van der Waals surface area contributed by atoms with Crippen molar-refractivity contribution in [1.29, 1.82) is 0 Å². The molecule has 0 saturated carbocycles. The molecule has 0 unspecified atom stereocenters. The van der Waals surface area contributed by atoms with E-state index in [1.807, 2.05) is 37.3 Å². The van der Waals surface area contributed by atoms with Crippen molar-refractivity contribution in [2.75, 3.05) is 5.75 Å². The van der Waals surface area contributed by atoms with Crippen molar-refractivity contribution in [1.82, 2.24) is 0 Å². The van der Waals surface area contributed by atoms with Crippen LogP contribution >= 0.6 is 11.8 Å². The summed E-state index contributed by atoms with van der Waals surface area (Å²) in [5.41, 5.74) is 12.7. The van der Waals surface area contributed by atoms with Gasteiger partial charge in [-0.2, -0.15) is 0 Å². The molecule has 66 valence electrons. The van der Waals surface area contributed by atoms with E-state index in [-0.39, 0.29) is 0 Å². The van der Waals surface area contributed by atoms with E-state index in [0.717, 1.165) is 11.3 Å². The molecule has 0 saturated heterocycles. The van der Waals surface area contributed by atoms with E-state index >= 15 is 0 Å². The molecule has 0 aliphatic carbocycles. The van der Waals surface area contributed by atoms with Gasteiger partial charge in [0.15, 0.2) is 0 Å². The van der Waals surface area contributed by atoms with Gasteiger partial charge < -0.3 is 11.5 Å². The molecular weight excluding hydrogens is 168 g/mol. The Kier molecular flexibility index (Phi) is 3.14. The molecule has 1 aromatic carbocycles. The van der Waals surface area contributed by atoms with Crippen LogP contribution < -0.4 is 11.5 Å². The van der Waals surface area contributed by atoms with Gasteiger partial charge in [0, 0.05) is 0 Å². The summed E-state index contributed by atoms with van der Waals surface area (Å²) in [6.07, 6.45) is 0. The van der Waals surface area contributed by atoms with Gasteiger partial charge in [0.1, 0.15) is 4.99 Å². The minimum Gasteiger partial charge on any atom is -0.301 e. The van der Waals surface area contributed by atoms with E-state index in [4.69, 9.17) is 11.5 Å². The van der Waals surface area contributed by atoms with Crippen LogP contribution in [0, 0.1) is 0 Å². The molecule has 0 amide bonds. The van der Waals surface area contributed by atoms with Crippen molar-refractivity contribution in [2.45, 2.75) is 11.9 Å². The largest absolute Gasteiger partial charge is 0.301 e. The van der Waals surface area contributed by atoms with E-state index in [1.165, 1.54) is 0 Å². The van der Waals surface area contributed by atoms with Crippen LogP contribution in [0.1, 0.15) is 12.5 Å². The predicted octanol–water partition coefficient (Wildman–Crippen LogP) is 1.47. The molecule has 0 atom stereocenters. The van der Waals surface area contributed by atoms with Crippen molar-refractivity contribution in [3.05, 3.63) is 35.9 Å². The Morgan fingerprint density at radius 1 is 1.25 bits per heavy atom. The molecule has 0 bridgehead atoms. The number of rotatable bonds is 3. The lowest BCUT2D eigenvalue weighted by molar-refractivity contribution is 0.696. The Hall–Kier alpha value is -0.510. The van der Waals surface area contributed by atoms with Gasteiger partial charge in [-0.05, 0) is 11.3 Å². The van der Waals surface area contributed by atoms with Crippen molar-refractivity contribution < 1.29 is 0 Å². The maximum atomic E-state index is 5.89. The molecule has 0 aromatic heterocycles. The standard InChI is InChI=1S/C9H14N2S/c1-2-12-9(10,11)8-6-4-3-5-7-8/h3-7H,2,10-11H2,1H3. The minimum absolute atomic E-state index is 0.740. The molecule has 0 aliphatic rings. The van der Waals surface area contributed by atoms with Crippen LogP contribution in [0.4, 0.5) is 0 Å². The molecule has 4 N–H and O–H groups in total. The van der Waals surface area contributed by atoms with Crippen LogP contribution in [-0.4, -0.2) is 5.75 Å². The lowest BCUT2D eigenvalue weighted by atomic mass is 10.2. The second-order valence-corrected chi connectivity index (χ2v) is 4.13. The lowest BCUT2D eigenvalue weighted by Gasteiger charge is -2.23. The van der Waals surface area contributed by atoms with Gasteiger partial charge in [-0.1, -0.05) is 37.3 Å². The van der Waals surface area contributed by atoms with E-state index in [2.05, 4.69) is 0 Å². The van der Waals surface area contributed by atoms with Gasteiger partial charge in [-0.15, -0.1) is 11.8 Å². The van der Waals surface area contributed by atoms with Crippen molar-refractivity contribution >= 4 is 11.8 Å². The quantitative estimate of drug-likeness (QED) is 0.696. The Morgan fingerprint density at radius 2 is 1.83 bits per heavy atom. The first-order valence-electron chi connectivity index (χ1n) is 3.94. The Bertz CT molecular complexity index is 234. The summed E-state index contributed by atoms with van der Waals surface area (Å²) in [7, 11) is 0. The molecule has 0 heterocycles. The molecular formula is C9H14N2S. The maximum absolute atomic E-state index is 5.89. The van der Waals surface area contributed by atoms with Crippen LogP contribution in [-0.2, 0) is 4.99 Å². The monoisotopic (exact) mass is 182 g/mol. The molecule has 0 radical (unpaired) electrons. The summed E-state index contributed by atoms with van der Waals surface area (Å²) in [6.45, 7) is 2.04. The SMILES string of the molecule is CCSC(N)(N)c1ccccc1. The summed E-state index contributed by atoms with van der Waals surface area (Å²) in [6, 6.07) is 9.74.